The number of benzene rings is 1. The molecular formula is C16H19F2NO3S. The van der Waals surface area contributed by atoms with Crippen LogP contribution in [0.2, 0.25) is 0 Å². The number of ketones is 1. The van der Waals surface area contributed by atoms with Gasteiger partial charge in [0.15, 0.2) is 0 Å². The molecule has 0 saturated carbocycles. The average molecular weight is 343 g/mol. The molecule has 0 aromatic heterocycles. The average Bonchev–Trinajstić information content (AvgIpc) is 2.40. The second-order valence-electron chi connectivity index (χ2n) is 6.57. The molecule has 2 N–H and O–H groups in total. The van der Waals surface area contributed by atoms with Gasteiger partial charge in [-0.2, -0.15) is 0 Å². The van der Waals surface area contributed by atoms with Gasteiger partial charge in [0, 0.05) is 12.0 Å². The number of halogens is 2. The molecule has 1 aliphatic heterocycles. The number of Topliss-reactive ketones (excluding diaryl/α,β-unsaturated/α-hetero) is 1. The summed E-state index contributed by atoms with van der Waals surface area (Å²) in [6.45, 7) is 5.49. The number of nitrogens with two attached hydrogens (primary N) is 1. The molecule has 1 saturated heterocycles. The van der Waals surface area contributed by atoms with Gasteiger partial charge < -0.3 is 10.5 Å². The second kappa shape index (κ2) is 6.11. The molecule has 7 heteroatoms. The van der Waals surface area contributed by atoms with E-state index in [1.807, 2.05) is 20.8 Å². The Morgan fingerprint density at radius 3 is 2.61 bits per heavy atom. The number of amides is 1. The van der Waals surface area contributed by atoms with Crippen molar-refractivity contribution in [1.82, 2.24) is 0 Å². The van der Waals surface area contributed by atoms with Gasteiger partial charge in [-0.25, -0.2) is 13.6 Å². The maximum absolute atomic E-state index is 14.5. The standard InChI is InChI=1S/C16H19F2NO3S/c1-15(2,3)16(11-6-9(17)4-5-12(11)18)13(22-14(19)21)7-10(20)8-23-16/h4-6,13H,7-8H2,1-3H3,(H2,19,21). The number of carbonyl (C=O) groups excluding carboxylic acids is 2. The molecule has 1 fully saturated rings. The summed E-state index contributed by atoms with van der Waals surface area (Å²) < 4.78 is 32.3. The predicted octanol–water partition coefficient (Wildman–Crippen LogP) is 3.38. The van der Waals surface area contributed by atoms with Crippen molar-refractivity contribution in [2.24, 2.45) is 11.1 Å². The Labute approximate surface area is 137 Å². The lowest BCUT2D eigenvalue weighted by Gasteiger charge is -2.50. The summed E-state index contributed by atoms with van der Waals surface area (Å²) in [4.78, 5) is 23.1. The highest BCUT2D eigenvalue weighted by molar-refractivity contribution is 8.01. The Balaban J connectivity index is 2.69. The van der Waals surface area contributed by atoms with Crippen LogP contribution in [0.25, 0.3) is 0 Å². The molecule has 2 unspecified atom stereocenters. The van der Waals surface area contributed by atoms with E-state index in [1.54, 1.807) is 0 Å². The lowest BCUT2D eigenvalue weighted by molar-refractivity contribution is -0.120. The first-order chi connectivity index (χ1) is 10.6. The zero-order chi connectivity index (χ0) is 17.4. The number of carbonyl (C=O) groups is 2. The van der Waals surface area contributed by atoms with Crippen LogP contribution in [0, 0.1) is 17.0 Å². The van der Waals surface area contributed by atoms with E-state index in [-0.39, 0.29) is 23.5 Å². The molecule has 1 aromatic rings. The zero-order valence-corrected chi connectivity index (χ0v) is 14.0. The summed E-state index contributed by atoms with van der Waals surface area (Å²) in [5.41, 5.74) is 4.58. The largest absolute Gasteiger partial charge is 0.444 e. The Morgan fingerprint density at radius 2 is 2.04 bits per heavy atom. The quantitative estimate of drug-likeness (QED) is 0.894. The zero-order valence-electron chi connectivity index (χ0n) is 13.2. The Bertz CT molecular complexity index is 643. The van der Waals surface area contributed by atoms with Crippen molar-refractivity contribution in [3.8, 4) is 0 Å². The lowest BCUT2D eigenvalue weighted by Crippen LogP contribution is -2.54. The third-order valence-corrected chi connectivity index (χ3v) is 6.05. The van der Waals surface area contributed by atoms with E-state index < -0.39 is 34.0 Å². The van der Waals surface area contributed by atoms with Crippen LogP contribution < -0.4 is 5.73 Å². The van der Waals surface area contributed by atoms with Gasteiger partial charge in [0.25, 0.3) is 0 Å². The molecule has 4 nitrogen and oxygen atoms in total. The summed E-state index contributed by atoms with van der Waals surface area (Å²) in [6.07, 6.45) is -2.10. The van der Waals surface area contributed by atoms with Crippen molar-refractivity contribution < 1.29 is 23.1 Å². The Morgan fingerprint density at radius 1 is 1.39 bits per heavy atom. The van der Waals surface area contributed by atoms with Gasteiger partial charge in [-0.15, -0.1) is 11.8 Å². The SMILES string of the molecule is CC(C)(C)C1(c2cc(F)ccc2F)SCC(=O)CC1OC(N)=O. The van der Waals surface area contributed by atoms with Gasteiger partial charge in [0.05, 0.1) is 10.5 Å². The maximum Gasteiger partial charge on any atom is 0.404 e. The number of primary amides is 1. The molecule has 1 amide bonds. The van der Waals surface area contributed by atoms with E-state index >= 15 is 0 Å². The maximum atomic E-state index is 14.5. The Kier molecular flexibility index (Phi) is 4.71. The molecule has 2 atom stereocenters. The van der Waals surface area contributed by atoms with Crippen LogP contribution in [-0.2, 0) is 14.3 Å². The second-order valence-corrected chi connectivity index (χ2v) is 7.79. The van der Waals surface area contributed by atoms with Gasteiger partial charge in [-0.3, -0.25) is 4.79 Å². The minimum Gasteiger partial charge on any atom is -0.444 e. The highest BCUT2D eigenvalue weighted by Gasteiger charge is 2.56. The van der Waals surface area contributed by atoms with E-state index in [1.165, 1.54) is 0 Å². The lowest BCUT2D eigenvalue weighted by atomic mass is 9.70. The Hall–Kier alpha value is -1.63. The molecule has 1 heterocycles. The third-order valence-electron chi connectivity index (χ3n) is 4.03. The highest BCUT2D eigenvalue weighted by Crippen LogP contribution is 2.57. The fourth-order valence-corrected chi connectivity index (χ4v) is 4.67. The molecule has 0 bridgehead atoms. The van der Waals surface area contributed by atoms with Crippen molar-refractivity contribution in [1.29, 1.82) is 0 Å². The molecular weight excluding hydrogens is 324 g/mol. The van der Waals surface area contributed by atoms with E-state index in [4.69, 9.17) is 10.5 Å². The molecule has 1 aliphatic rings. The van der Waals surface area contributed by atoms with Crippen LogP contribution in [0.1, 0.15) is 32.8 Å². The van der Waals surface area contributed by atoms with Gasteiger partial charge in [-0.05, 0) is 23.6 Å². The summed E-state index contributed by atoms with van der Waals surface area (Å²) in [6, 6.07) is 3.16. The van der Waals surface area contributed by atoms with Crippen molar-refractivity contribution >= 4 is 23.6 Å². The molecule has 126 valence electrons. The highest BCUT2D eigenvalue weighted by atomic mass is 32.2. The summed E-state index contributed by atoms with van der Waals surface area (Å²) in [5, 5.41) is 0. The topological polar surface area (TPSA) is 69.4 Å². The fraction of sp³-hybridized carbons (Fsp3) is 0.500. The van der Waals surface area contributed by atoms with Crippen LogP contribution in [0.5, 0.6) is 0 Å². The van der Waals surface area contributed by atoms with Crippen LogP contribution in [0.3, 0.4) is 0 Å². The molecule has 1 aromatic carbocycles. The number of thioether (sulfide) groups is 1. The van der Waals surface area contributed by atoms with Crippen molar-refractivity contribution in [3.63, 3.8) is 0 Å². The summed E-state index contributed by atoms with van der Waals surface area (Å²) >= 11 is 1.16. The van der Waals surface area contributed by atoms with Crippen molar-refractivity contribution in [2.45, 2.75) is 38.0 Å². The van der Waals surface area contributed by atoms with E-state index in [2.05, 4.69) is 0 Å². The van der Waals surface area contributed by atoms with Gasteiger partial charge >= 0.3 is 6.09 Å². The van der Waals surface area contributed by atoms with Crippen LogP contribution in [0.15, 0.2) is 18.2 Å². The van der Waals surface area contributed by atoms with Crippen LogP contribution >= 0.6 is 11.8 Å². The molecule has 23 heavy (non-hydrogen) atoms. The number of hydrogen-bond donors (Lipinski definition) is 1. The number of hydrogen-bond acceptors (Lipinski definition) is 4. The summed E-state index contributed by atoms with van der Waals surface area (Å²) in [5.74, 6) is -1.20. The van der Waals surface area contributed by atoms with E-state index in [9.17, 15) is 18.4 Å². The molecule has 2 rings (SSSR count). The normalized spacial score (nSPS) is 25.3. The van der Waals surface area contributed by atoms with Crippen molar-refractivity contribution in [2.75, 3.05) is 5.75 Å². The van der Waals surface area contributed by atoms with Gasteiger partial charge in [0.2, 0.25) is 0 Å². The van der Waals surface area contributed by atoms with Crippen LogP contribution in [0.4, 0.5) is 13.6 Å². The smallest absolute Gasteiger partial charge is 0.404 e. The van der Waals surface area contributed by atoms with E-state index in [0.717, 1.165) is 30.0 Å². The minimum atomic E-state index is -1.12. The predicted molar refractivity (Wildman–Crippen MR) is 84.0 cm³/mol. The van der Waals surface area contributed by atoms with Crippen molar-refractivity contribution in [3.05, 3.63) is 35.4 Å². The van der Waals surface area contributed by atoms with Gasteiger partial charge in [0.1, 0.15) is 23.5 Å². The van der Waals surface area contributed by atoms with E-state index in [0.29, 0.717) is 0 Å². The van der Waals surface area contributed by atoms with Gasteiger partial charge in [-0.1, -0.05) is 20.8 Å². The van der Waals surface area contributed by atoms with Crippen LogP contribution in [-0.4, -0.2) is 23.7 Å². The fourth-order valence-electron chi connectivity index (χ4n) is 3.10. The number of rotatable bonds is 2. The first-order valence-electron chi connectivity index (χ1n) is 7.15. The molecule has 0 radical (unpaired) electrons. The first kappa shape index (κ1) is 17.7. The third kappa shape index (κ3) is 3.20. The molecule has 0 spiro atoms. The minimum absolute atomic E-state index is 0.0775. The monoisotopic (exact) mass is 343 g/mol. The molecule has 0 aliphatic carbocycles. The number of ether oxygens (including phenoxy) is 1. The summed E-state index contributed by atoms with van der Waals surface area (Å²) in [7, 11) is 0. The first-order valence-corrected chi connectivity index (χ1v) is 8.14.